The Morgan fingerprint density at radius 3 is 2.48 bits per heavy atom. The van der Waals surface area contributed by atoms with Crippen LogP contribution in [0.2, 0.25) is 0 Å². The van der Waals surface area contributed by atoms with Gasteiger partial charge in [0.2, 0.25) is 0 Å². The van der Waals surface area contributed by atoms with E-state index in [9.17, 15) is 0 Å². The third-order valence-corrected chi connectivity index (χ3v) is 5.98. The van der Waals surface area contributed by atoms with Crippen LogP contribution in [-0.2, 0) is 0 Å². The van der Waals surface area contributed by atoms with Crippen molar-refractivity contribution >= 4 is 0 Å². The topological polar surface area (TPSA) is 18.5 Å². The standard InChI is InChI=1S/C18H35N3/c1-2-10-19-18(16-7-3-4-8-16)15-20-13-9-17(14-20)21-11-5-6-12-21/h16-19H,2-15H2,1H3. The highest BCUT2D eigenvalue weighted by Gasteiger charge is 2.32. The van der Waals surface area contributed by atoms with Crippen LogP contribution in [0, 0.1) is 5.92 Å². The van der Waals surface area contributed by atoms with Crippen molar-refractivity contribution in [2.24, 2.45) is 5.92 Å². The summed E-state index contributed by atoms with van der Waals surface area (Å²) in [6, 6.07) is 1.62. The summed E-state index contributed by atoms with van der Waals surface area (Å²) in [5, 5.41) is 3.87. The summed E-state index contributed by atoms with van der Waals surface area (Å²) in [5.74, 6) is 0.947. The van der Waals surface area contributed by atoms with Gasteiger partial charge in [0.25, 0.3) is 0 Å². The van der Waals surface area contributed by atoms with E-state index in [0.717, 1.165) is 18.0 Å². The quantitative estimate of drug-likeness (QED) is 0.778. The molecule has 3 nitrogen and oxygen atoms in total. The van der Waals surface area contributed by atoms with Gasteiger partial charge in [0, 0.05) is 25.2 Å². The van der Waals surface area contributed by atoms with Gasteiger partial charge >= 0.3 is 0 Å². The van der Waals surface area contributed by atoms with Gasteiger partial charge in [-0.05, 0) is 70.6 Å². The lowest BCUT2D eigenvalue weighted by Gasteiger charge is -2.30. The van der Waals surface area contributed by atoms with Crippen LogP contribution in [0.25, 0.3) is 0 Å². The Labute approximate surface area is 131 Å². The largest absolute Gasteiger partial charge is 0.312 e. The van der Waals surface area contributed by atoms with Gasteiger partial charge in [-0.3, -0.25) is 4.90 Å². The van der Waals surface area contributed by atoms with Crippen LogP contribution in [0.4, 0.5) is 0 Å². The number of hydrogen-bond acceptors (Lipinski definition) is 3. The molecule has 2 saturated heterocycles. The molecular weight excluding hydrogens is 258 g/mol. The van der Waals surface area contributed by atoms with Crippen LogP contribution >= 0.6 is 0 Å². The molecule has 2 heterocycles. The first-order valence-corrected chi connectivity index (χ1v) is 9.56. The van der Waals surface area contributed by atoms with Crippen molar-refractivity contribution in [3.63, 3.8) is 0 Å². The van der Waals surface area contributed by atoms with Gasteiger partial charge in [-0.15, -0.1) is 0 Å². The first kappa shape index (κ1) is 15.8. The molecule has 0 radical (unpaired) electrons. The summed E-state index contributed by atoms with van der Waals surface area (Å²) in [7, 11) is 0. The summed E-state index contributed by atoms with van der Waals surface area (Å²) in [4.78, 5) is 5.51. The minimum absolute atomic E-state index is 0.754. The van der Waals surface area contributed by atoms with E-state index < -0.39 is 0 Å². The molecule has 2 unspecified atom stereocenters. The molecule has 1 aliphatic carbocycles. The molecule has 0 aromatic carbocycles. The third kappa shape index (κ3) is 4.20. The molecule has 3 aliphatic rings. The van der Waals surface area contributed by atoms with Crippen molar-refractivity contribution in [3.8, 4) is 0 Å². The van der Waals surface area contributed by atoms with Crippen molar-refractivity contribution < 1.29 is 0 Å². The zero-order chi connectivity index (χ0) is 14.5. The average Bonchev–Trinajstić information content (AvgIpc) is 3.24. The van der Waals surface area contributed by atoms with Gasteiger partial charge in [0.15, 0.2) is 0 Å². The summed E-state index contributed by atoms with van der Waals surface area (Å²) >= 11 is 0. The first-order valence-electron chi connectivity index (χ1n) is 9.56. The number of nitrogens with one attached hydrogen (secondary N) is 1. The van der Waals surface area contributed by atoms with Crippen LogP contribution < -0.4 is 5.32 Å². The number of hydrogen-bond donors (Lipinski definition) is 1. The minimum atomic E-state index is 0.754. The predicted octanol–water partition coefficient (Wildman–Crippen LogP) is 2.71. The Balaban J connectivity index is 1.48. The van der Waals surface area contributed by atoms with Crippen LogP contribution in [0.1, 0.15) is 58.3 Å². The number of likely N-dealkylation sites (tertiary alicyclic amines) is 2. The molecular formula is C18H35N3. The zero-order valence-corrected chi connectivity index (χ0v) is 14.0. The maximum atomic E-state index is 3.87. The fraction of sp³-hybridized carbons (Fsp3) is 1.00. The van der Waals surface area contributed by atoms with E-state index in [2.05, 4.69) is 22.0 Å². The Morgan fingerprint density at radius 2 is 1.76 bits per heavy atom. The second-order valence-corrected chi connectivity index (χ2v) is 7.55. The molecule has 0 bridgehead atoms. The highest BCUT2D eigenvalue weighted by atomic mass is 15.3. The second kappa shape index (κ2) is 7.94. The lowest BCUT2D eigenvalue weighted by atomic mass is 9.97. The van der Waals surface area contributed by atoms with Gasteiger partial charge in [-0.2, -0.15) is 0 Å². The van der Waals surface area contributed by atoms with E-state index in [1.807, 2.05) is 0 Å². The molecule has 1 saturated carbocycles. The van der Waals surface area contributed by atoms with Gasteiger partial charge in [0.1, 0.15) is 0 Å². The second-order valence-electron chi connectivity index (χ2n) is 7.55. The average molecular weight is 293 g/mol. The smallest absolute Gasteiger partial charge is 0.0235 e. The maximum Gasteiger partial charge on any atom is 0.0235 e. The first-order chi connectivity index (χ1) is 10.4. The molecule has 0 aromatic heterocycles. The van der Waals surface area contributed by atoms with E-state index in [4.69, 9.17) is 0 Å². The Kier molecular flexibility index (Phi) is 5.96. The van der Waals surface area contributed by atoms with E-state index in [0.29, 0.717) is 0 Å². The fourth-order valence-electron chi connectivity index (χ4n) is 4.73. The minimum Gasteiger partial charge on any atom is -0.312 e. The van der Waals surface area contributed by atoms with Gasteiger partial charge in [0.05, 0.1) is 0 Å². The van der Waals surface area contributed by atoms with Gasteiger partial charge < -0.3 is 10.2 Å². The zero-order valence-electron chi connectivity index (χ0n) is 14.0. The molecule has 3 rings (SSSR count). The van der Waals surface area contributed by atoms with Crippen LogP contribution in [0.3, 0.4) is 0 Å². The van der Waals surface area contributed by atoms with Crippen molar-refractivity contribution in [2.75, 3.05) is 39.3 Å². The van der Waals surface area contributed by atoms with Gasteiger partial charge in [-0.25, -0.2) is 0 Å². The summed E-state index contributed by atoms with van der Waals surface area (Å²) < 4.78 is 0. The van der Waals surface area contributed by atoms with Crippen molar-refractivity contribution in [3.05, 3.63) is 0 Å². The molecule has 122 valence electrons. The Bertz CT molecular complexity index is 295. The maximum absolute atomic E-state index is 3.87. The monoisotopic (exact) mass is 293 g/mol. The summed E-state index contributed by atoms with van der Waals surface area (Å²) in [6.07, 6.45) is 11.4. The lowest BCUT2D eigenvalue weighted by molar-refractivity contribution is 0.207. The van der Waals surface area contributed by atoms with E-state index in [1.54, 1.807) is 0 Å². The molecule has 0 spiro atoms. The molecule has 0 amide bonds. The van der Waals surface area contributed by atoms with Crippen molar-refractivity contribution in [2.45, 2.75) is 70.4 Å². The third-order valence-electron chi connectivity index (χ3n) is 5.98. The molecule has 2 atom stereocenters. The highest BCUT2D eigenvalue weighted by Crippen LogP contribution is 2.29. The Hall–Kier alpha value is -0.120. The normalized spacial score (nSPS) is 30.4. The van der Waals surface area contributed by atoms with Crippen LogP contribution in [0.5, 0.6) is 0 Å². The van der Waals surface area contributed by atoms with Crippen molar-refractivity contribution in [1.82, 2.24) is 15.1 Å². The van der Waals surface area contributed by atoms with E-state index >= 15 is 0 Å². The lowest BCUT2D eigenvalue weighted by Crippen LogP contribution is -2.45. The molecule has 3 fully saturated rings. The number of rotatable bonds is 7. The number of nitrogens with zero attached hydrogens (tertiary/aromatic N) is 2. The predicted molar refractivity (Wildman–Crippen MR) is 89.7 cm³/mol. The van der Waals surface area contributed by atoms with E-state index in [-0.39, 0.29) is 0 Å². The molecule has 3 heteroatoms. The molecule has 0 aromatic rings. The van der Waals surface area contributed by atoms with Crippen LogP contribution in [-0.4, -0.2) is 61.2 Å². The molecule has 1 N–H and O–H groups in total. The van der Waals surface area contributed by atoms with Crippen LogP contribution in [0.15, 0.2) is 0 Å². The fourth-order valence-corrected chi connectivity index (χ4v) is 4.73. The Morgan fingerprint density at radius 1 is 1.00 bits per heavy atom. The van der Waals surface area contributed by atoms with E-state index in [1.165, 1.54) is 90.6 Å². The summed E-state index contributed by atoms with van der Waals surface area (Å²) in [6.45, 7) is 10.2. The molecule has 21 heavy (non-hydrogen) atoms. The SMILES string of the molecule is CCCNC(CN1CCC(N2CCCC2)C1)C1CCCC1. The highest BCUT2D eigenvalue weighted by molar-refractivity contribution is 4.89. The summed E-state index contributed by atoms with van der Waals surface area (Å²) in [5.41, 5.74) is 0. The molecule has 2 aliphatic heterocycles. The van der Waals surface area contributed by atoms with Gasteiger partial charge in [-0.1, -0.05) is 19.8 Å². The van der Waals surface area contributed by atoms with Crippen molar-refractivity contribution in [1.29, 1.82) is 0 Å².